The van der Waals surface area contributed by atoms with Crippen LogP contribution in [0, 0.1) is 0 Å². The van der Waals surface area contributed by atoms with E-state index in [1.165, 1.54) is 0 Å². The minimum atomic E-state index is -0.926. The van der Waals surface area contributed by atoms with E-state index < -0.39 is 5.97 Å². The molecule has 0 aliphatic carbocycles. The molecule has 0 aliphatic heterocycles. The van der Waals surface area contributed by atoms with Crippen LogP contribution in [0.3, 0.4) is 0 Å². The lowest BCUT2D eigenvalue weighted by Crippen LogP contribution is -2.38. The van der Waals surface area contributed by atoms with Gasteiger partial charge in [-0.1, -0.05) is 0 Å². The van der Waals surface area contributed by atoms with Crippen LogP contribution in [0.15, 0.2) is 18.2 Å². The SMILES string of the molecule is CCOc1ccc(C(=O)N(CCC(=O)O)C(C)C)cc1OCC. The Kier molecular flexibility index (Phi) is 7.38. The number of carboxylic acids is 1. The molecule has 0 aliphatic rings. The maximum atomic E-state index is 12.7. The quantitative estimate of drug-likeness (QED) is 0.756. The van der Waals surface area contributed by atoms with Gasteiger partial charge < -0.3 is 19.5 Å². The zero-order chi connectivity index (χ0) is 17.4. The molecule has 23 heavy (non-hydrogen) atoms. The highest BCUT2D eigenvalue weighted by Crippen LogP contribution is 2.29. The lowest BCUT2D eigenvalue weighted by molar-refractivity contribution is -0.137. The molecule has 0 unspecified atom stereocenters. The second-order valence-corrected chi connectivity index (χ2v) is 5.26. The number of carbonyl (C=O) groups excluding carboxylic acids is 1. The van der Waals surface area contributed by atoms with E-state index in [1.807, 2.05) is 27.7 Å². The van der Waals surface area contributed by atoms with Gasteiger partial charge in [0.15, 0.2) is 11.5 Å². The van der Waals surface area contributed by atoms with Gasteiger partial charge in [0.1, 0.15) is 0 Å². The third-order valence-corrected chi connectivity index (χ3v) is 3.24. The number of benzene rings is 1. The Morgan fingerprint density at radius 2 is 1.74 bits per heavy atom. The summed E-state index contributed by atoms with van der Waals surface area (Å²) in [6.45, 7) is 8.59. The Morgan fingerprint density at radius 1 is 1.13 bits per heavy atom. The topological polar surface area (TPSA) is 76.1 Å². The summed E-state index contributed by atoms with van der Waals surface area (Å²) in [5.74, 6) is -0.0370. The lowest BCUT2D eigenvalue weighted by Gasteiger charge is -2.26. The Bertz CT molecular complexity index is 542. The summed E-state index contributed by atoms with van der Waals surface area (Å²) in [6.07, 6.45) is -0.0841. The van der Waals surface area contributed by atoms with Gasteiger partial charge in [-0.05, 0) is 45.9 Å². The summed E-state index contributed by atoms with van der Waals surface area (Å²) in [5.41, 5.74) is 0.455. The van der Waals surface area contributed by atoms with Crippen molar-refractivity contribution >= 4 is 11.9 Å². The van der Waals surface area contributed by atoms with Crippen LogP contribution in [0.5, 0.6) is 11.5 Å². The summed E-state index contributed by atoms with van der Waals surface area (Å²) in [5, 5.41) is 8.83. The first-order chi connectivity index (χ1) is 10.9. The van der Waals surface area contributed by atoms with Crippen LogP contribution >= 0.6 is 0 Å². The van der Waals surface area contributed by atoms with Crippen molar-refractivity contribution in [1.29, 1.82) is 0 Å². The van der Waals surface area contributed by atoms with E-state index in [2.05, 4.69) is 0 Å². The highest BCUT2D eigenvalue weighted by molar-refractivity contribution is 5.95. The number of carboxylic acid groups (broad SMARTS) is 1. The molecule has 1 rings (SSSR count). The second-order valence-electron chi connectivity index (χ2n) is 5.26. The molecule has 0 saturated carbocycles. The molecule has 6 nitrogen and oxygen atoms in total. The van der Waals surface area contributed by atoms with Gasteiger partial charge in [-0.2, -0.15) is 0 Å². The third-order valence-electron chi connectivity index (χ3n) is 3.24. The fraction of sp³-hybridized carbons (Fsp3) is 0.529. The van der Waals surface area contributed by atoms with Crippen molar-refractivity contribution in [3.63, 3.8) is 0 Å². The van der Waals surface area contributed by atoms with Gasteiger partial charge in [0, 0.05) is 18.2 Å². The molecule has 1 aromatic rings. The predicted octanol–water partition coefficient (Wildman–Crippen LogP) is 2.81. The number of nitrogens with zero attached hydrogens (tertiary/aromatic N) is 1. The minimum Gasteiger partial charge on any atom is -0.490 e. The van der Waals surface area contributed by atoms with Crippen LogP contribution in [0.25, 0.3) is 0 Å². The molecule has 6 heteroatoms. The maximum absolute atomic E-state index is 12.7. The van der Waals surface area contributed by atoms with Crippen molar-refractivity contribution in [3.05, 3.63) is 23.8 Å². The van der Waals surface area contributed by atoms with Gasteiger partial charge in [0.05, 0.1) is 19.6 Å². The number of hydrogen-bond donors (Lipinski definition) is 1. The van der Waals surface area contributed by atoms with Crippen molar-refractivity contribution in [3.8, 4) is 11.5 Å². The first-order valence-electron chi connectivity index (χ1n) is 7.83. The Balaban J connectivity index is 3.03. The molecule has 0 spiro atoms. The number of aliphatic carboxylic acids is 1. The summed E-state index contributed by atoms with van der Waals surface area (Å²) in [6, 6.07) is 4.93. The van der Waals surface area contributed by atoms with Crippen LogP contribution < -0.4 is 9.47 Å². The highest BCUT2D eigenvalue weighted by atomic mass is 16.5. The molecule has 1 amide bonds. The standard InChI is InChI=1S/C17H25NO5/c1-5-22-14-8-7-13(11-15(14)23-6-2)17(21)18(12(3)4)10-9-16(19)20/h7-8,11-12H,5-6,9-10H2,1-4H3,(H,19,20). The zero-order valence-electron chi connectivity index (χ0n) is 14.2. The van der Waals surface area contributed by atoms with Crippen molar-refractivity contribution in [2.75, 3.05) is 19.8 Å². The lowest BCUT2D eigenvalue weighted by atomic mass is 10.1. The average Bonchev–Trinajstić information content (AvgIpc) is 2.48. The molecule has 0 saturated heterocycles. The fourth-order valence-corrected chi connectivity index (χ4v) is 2.16. The molecule has 0 heterocycles. The molecule has 0 fully saturated rings. The van der Waals surface area contributed by atoms with E-state index in [4.69, 9.17) is 14.6 Å². The van der Waals surface area contributed by atoms with Crippen LogP contribution in [0.1, 0.15) is 44.5 Å². The largest absolute Gasteiger partial charge is 0.490 e. The predicted molar refractivity (Wildman–Crippen MR) is 87.2 cm³/mol. The van der Waals surface area contributed by atoms with E-state index in [1.54, 1.807) is 23.1 Å². The highest BCUT2D eigenvalue weighted by Gasteiger charge is 2.21. The van der Waals surface area contributed by atoms with E-state index in [9.17, 15) is 9.59 Å². The smallest absolute Gasteiger partial charge is 0.305 e. The summed E-state index contributed by atoms with van der Waals surface area (Å²) in [4.78, 5) is 25.0. The van der Waals surface area contributed by atoms with E-state index in [-0.39, 0.29) is 24.9 Å². The van der Waals surface area contributed by atoms with Crippen LogP contribution in [0.2, 0.25) is 0 Å². The van der Waals surface area contributed by atoms with Gasteiger partial charge in [-0.15, -0.1) is 0 Å². The second kappa shape index (κ2) is 9.02. The molecule has 1 aromatic carbocycles. The first kappa shape index (κ1) is 18.8. The first-order valence-corrected chi connectivity index (χ1v) is 7.83. The number of amides is 1. The van der Waals surface area contributed by atoms with Gasteiger partial charge in [-0.25, -0.2) is 0 Å². The van der Waals surface area contributed by atoms with Crippen molar-refractivity contribution in [2.24, 2.45) is 0 Å². The number of ether oxygens (including phenoxy) is 2. The van der Waals surface area contributed by atoms with Gasteiger partial charge in [-0.3, -0.25) is 9.59 Å². The fourth-order valence-electron chi connectivity index (χ4n) is 2.16. The van der Waals surface area contributed by atoms with E-state index in [0.717, 1.165) is 0 Å². The van der Waals surface area contributed by atoms with E-state index in [0.29, 0.717) is 30.3 Å². The van der Waals surface area contributed by atoms with Crippen molar-refractivity contribution in [1.82, 2.24) is 4.90 Å². The molecule has 0 atom stereocenters. The van der Waals surface area contributed by atoms with Gasteiger partial charge >= 0.3 is 5.97 Å². The summed E-state index contributed by atoms with van der Waals surface area (Å²) < 4.78 is 11.0. The molecular formula is C17H25NO5. The zero-order valence-corrected chi connectivity index (χ0v) is 14.2. The van der Waals surface area contributed by atoms with Gasteiger partial charge in [0.25, 0.3) is 5.91 Å². The van der Waals surface area contributed by atoms with E-state index >= 15 is 0 Å². The number of rotatable bonds is 9. The Morgan fingerprint density at radius 3 is 2.26 bits per heavy atom. The van der Waals surface area contributed by atoms with Crippen LogP contribution in [0.4, 0.5) is 0 Å². The van der Waals surface area contributed by atoms with Gasteiger partial charge in [0.2, 0.25) is 0 Å². The molecule has 0 aromatic heterocycles. The third kappa shape index (κ3) is 5.47. The Hall–Kier alpha value is -2.24. The molecule has 0 bridgehead atoms. The molecule has 0 radical (unpaired) electrons. The van der Waals surface area contributed by atoms with Crippen LogP contribution in [-0.2, 0) is 4.79 Å². The van der Waals surface area contributed by atoms with Crippen LogP contribution in [-0.4, -0.2) is 47.7 Å². The Labute approximate surface area is 137 Å². The summed E-state index contributed by atoms with van der Waals surface area (Å²) >= 11 is 0. The molecule has 1 N–H and O–H groups in total. The number of carbonyl (C=O) groups is 2. The average molecular weight is 323 g/mol. The number of hydrogen-bond acceptors (Lipinski definition) is 4. The van der Waals surface area contributed by atoms with Crippen molar-refractivity contribution < 1.29 is 24.2 Å². The normalized spacial score (nSPS) is 10.5. The van der Waals surface area contributed by atoms with Crippen molar-refractivity contribution in [2.45, 2.75) is 40.2 Å². The summed E-state index contributed by atoms with van der Waals surface area (Å²) in [7, 11) is 0. The molecular weight excluding hydrogens is 298 g/mol. The minimum absolute atomic E-state index is 0.0841. The monoisotopic (exact) mass is 323 g/mol. The molecule has 128 valence electrons. The maximum Gasteiger partial charge on any atom is 0.305 e.